The van der Waals surface area contributed by atoms with Crippen LogP contribution in [0.1, 0.15) is 17.5 Å². The largest absolute Gasteiger partial charge is 0.486 e. The average molecular weight is 401 g/mol. The van der Waals surface area contributed by atoms with Crippen LogP contribution in [0, 0.1) is 5.92 Å². The molecule has 0 unspecified atom stereocenters. The number of aromatic nitrogens is 2. The Kier molecular flexibility index (Phi) is 5.41. The number of hydrogen-bond acceptors (Lipinski definition) is 5. The predicted molar refractivity (Wildman–Crippen MR) is 92.3 cm³/mol. The molecule has 1 aromatic heterocycles. The van der Waals surface area contributed by atoms with Crippen LogP contribution in [0.5, 0.6) is 5.75 Å². The predicted octanol–water partition coefficient (Wildman–Crippen LogP) is 3.04. The quantitative estimate of drug-likeness (QED) is 0.834. The van der Waals surface area contributed by atoms with Gasteiger partial charge >= 0.3 is 6.18 Å². The van der Waals surface area contributed by atoms with E-state index in [1.807, 2.05) is 4.90 Å². The second-order valence-corrected chi connectivity index (χ2v) is 6.51. The van der Waals surface area contributed by atoms with Gasteiger partial charge in [0.25, 0.3) is 0 Å². The number of carbonyl (C=O) groups excluding carboxylic acids is 1. The summed E-state index contributed by atoms with van der Waals surface area (Å²) in [5, 5.41) is -0.0306. The average Bonchev–Trinajstić information content (AvgIpc) is 3.10. The van der Waals surface area contributed by atoms with E-state index >= 15 is 0 Å². The van der Waals surface area contributed by atoms with Crippen molar-refractivity contribution in [2.24, 2.45) is 11.7 Å². The molecule has 27 heavy (non-hydrogen) atoms. The number of anilines is 1. The summed E-state index contributed by atoms with van der Waals surface area (Å²) in [6.45, 7) is 0.664. The van der Waals surface area contributed by atoms with E-state index < -0.39 is 11.7 Å². The zero-order valence-corrected chi connectivity index (χ0v) is 14.8. The first kappa shape index (κ1) is 19.2. The van der Waals surface area contributed by atoms with Crippen molar-refractivity contribution in [3.63, 3.8) is 0 Å². The molecule has 3 rings (SSSR count). The number of nitrogens with two attached hydrogens (primary N) is 1. The third kappa shape index (κ3) is 4.41. The van der Waals surface area contributed by atoms with E-state index in [1.165, 1.54) is 24.5 Å². The van der Waals surface area contributed by atoms with E-state index in [1.54, 1.807) is 0 Å². The van der Waals surface area contributed by atoms with Crippen LogP contribution in [0.25, 0.3) is 0 Å². The second-order valence-electron chi connectivity index (χ2n) is 6.11. The van der Waals surface area contributed by atoms with Crippen molar-refractivity contribution in [1.82, 2.24) is 9.97 Å². The fraction of sp³-hybridized carbons (Fsp3) is 0.353. The number of hydrogen-bond donors (Lipinski definition) is 1. The molecule has 2 N–H and O–H groups in total. The van der Waals surface area contributed by atoms with E-state index in [4.69, 9.17) is 22.1 Å². The van der Waals surface area contributed by atoms with Gasteiger partial charge in [0.2, 0.25) is 11.9 Å². The highest BCUT2D eigenvalue weighted by atomic mass is 35.5. The monoisotopic (exact) mass is 400 g/mol. The van der Waals surface area contributed by atoms with Crippen molar-refractivity contribution >= 4 is 23.5 Å². The summed E-state index contributed by atoms with van der Waals surface area (Å²) in [6, 6.07) is 3.56. The molecular weight excluding hydrogens is 385 g/mol. The molecular formula is C17H16ClF3N4O2. The summed E-state index contributed by atoms with van der Waals surface area (Å²) in [4.78, 5) is 21.3. The molecule has 144 valence electrons. The highest BCUT2D eigenvalue weighted by Gasteiger charge is 2.34. The first-order chi connectivity index (χ1) is 12.8. The van der Waals surface area contributed by atoms with Gasteiger partial charge in [0.15, 0.2) is 5.75 Å². The Morgan fingerprint density at radius 3 is 2.63 bits per heavy atom. The van der Waals surface area contributed by atoms with Crippen molar-refractivity contribution in [1.29, 1.82) is 0 Å². The molecule has 0 radical (unpaired) electrons. The maximum absolute atomic E-state index is 13.1. The van der Waals surface area contributed by atoms with Gasteiger partial charge in [-0.25, -0.2) is 9.97 Å². The zero-order valence-electron chi connectivity index (χ0n) is 14.0. The number of amides is 1. The Morgan fingerprint density at radius 2 is 2.04 bits per heavy atom. The molecule has 0 spiro atoms. The van der Waals surface area contributed by atoms with Crippen molar-refractivity contribution in [2.75, 3.05) is 18.0 Å². The SMILES string of the molecule is NC(=O)[C@@H]1CCN(c2ncc(OCc3c(Cl)cccc3C(F)(F)F)cn2)C1. The van der Waals surface area contributed by atoms with Crippen LogP contribution >= 0.6 is 11.6 Å². The minimum absolute atomic E-state index is 0.0306. The number of primary amides is 1. The molecule has 6 nitrogen and oxygen atoms in total. The topological polar surface area (TPSA) is 81.3 Å². The maximum atomic E-state index is 13.1. The summed E-state index contributed by atoms with van der Waals surface area (Å²) in [5.41, 5.74) is 4.30. The van der Waals surface area contributed by atoms with Gasteiger partial charge in [-0.3, -0.25) is 4.79 Å². The molecule has 1 aliphatic rings. The van der Waals surface area contributed by atoms with Gasteiger partial charge < -0.3 is 15.4 Å². The molecule has 10 heteroatoms. The molecule has 0 aliphatic carbocycles. The molecule has 1 aliphatic heterocycles. The molecule has 1 atom stereocenters. The first-order valence-electron chi connectivity index (χ1n) is 8.09. The maximum Gasteiger partial charge on any atom is 0.416 e. The summed E-state index contributed by atoms with van der Waals surface area (Å²) in [7, 11) is 0. The van der Waals surface area contributed by atoms with Crippen LogP contribution in [-0.4, -0.2) is 29.0 Å². The second kappa shape index (κ2) is 7.59. The number of alkyl halides is 3. The summed E-state index contributed by atoms with van der Waals surface area (Å²) < 4.78 is 44.7. The number of halogens is 4. The Bertz CT molecular complexity index is 830. The third-order valence-corrected chi connectivity index (χ3v) is 4.65. The van der Waals surface area contributed by atoms with E-state index in [0.717, 1.165) is 6.07 Å². The Hall–Kier alpha value is -2.55. The molecule has 1 fully saturated rings. The first-order valence-corrected chi connectivity index (χ1v) is 8.47. The van der Waals surface area contributed by atoms with E-state index in [0.29, 0.717) is 25.5 Å². The van der Waals surface area contributed by atoms with Gasteiger partial charge in [0.1, 0.15) is 6.61 Å². The van der Waals surface area contributed by atoms with Crippen LogP contribution in [0.2, 0.25) is 5.02 Å². The van der Waals surface area contributed by atoms with Crippen LogP contribution in [0.3, 0.4) is 0 Å². The van der Waals surface area contributed by atoms with Gasteiger partial charge in [0, 0.05) is 23.7 Å². The number of nitrogens with zero attached hydrogens (tertiary/aromatic N) is 3. The standard InChI is InChI=1S/C17H16ClF3N4O2/c18-14-3-1-2-13(17(19,20)21)12(14)9-27-11-6-23-16(24-7-11)25-5-4-10(8-25)15(22)26/h1-3,6-7,10H,4-5,8-9H2,(H2,22,26)/t10-/m1/s1. The Balaban J connectivity index is 1.68. The smallest absolute Gasteiger partial charge is 0.416 e. The van der Waals surface area contributed by atoms with Crippen molar-refractivity contribution in [3.05, 3.63) is 46.7 Å². The van der Waals surface area contributed by atoms with Crippen molar-refractivity contribution in [2.45, 2.75) is 19.2 Å². The van der Waals surface area contributed by atoms with Crippen LogP contribution < -0.4 is 15.4 Å². The molecule has 0 bridgehead atoms. The van der Waals surface area contributed by atoms with Gasteiger partial charge in [-0.2, -0.15) is 13.2 Å². The normalized spacial score (nSPS) is 17.2. The molecule has 1 amide bonds. The van der Waals surface area contributed by atoms with Crippen molar-refractivity contribution < 1.29 is 22.7 Å². The highest BCUT2D eigenvalue weighted by Crippen LogP contribution is 2.35. The lowest BCUT2D eigenvalue weighted by molar-refractivity contribution is -0.138. The number of ether oxygens (including phenoxy) is 1. The summed E-state index contributed by atoms with van der Waals surface area (Å²) in [6.07, 6.45) is -1.17. The fourth-order valence-corrected chi connectivity index (χ4v) is 3.08. The molecule has 2 aromatic rings. The lowest BCUT2D eigenvalue weighted by Gasteiger charge is -2.17. The van der Waals surface area contributed by atoms with Crippen LogP contribution in [0.15, 0.2) is 30.6 Å². The molecule has 1 aromatic carbocycles. The Morgan fingerprint density at radius 1 is 1.33 bits per heavy atom. The van der Waals surface area contributed by atoms with Crippen molar-refractivity contribution in [3.8, 4) is 5.75 Å². The van der Waals surface area contributed by atoms with E-state index in [9.17, 15) is 18.0 Å². The van der Waals surface area contributed by atoms with Crippen LogP contribution in [-0.2, 0) is 17.6 Å². The minimum atomic E-state index is -4.53. The highest BCUT2D eigenvalue weighted by molar-refractivity contribution is 6.31. The van der Waals surface area contributed by atoms with Crippen LogP contribution in [0.4, 0.5) is 19.1 Å². The van der Waals surface area contributed by atoms with E-state index in [-0.39, 0.29) is 34.8 Å². The third-order valence-electron chi connectivity index (χ3n) is 4.30. The van der Waals surface area contributed by atoms with Gasteiger partial charge in [-0.15, -0.1) is 0 Å². The van der Waals surface area contributed by atoms with Gasteiger partial charge in [0.05, 0.1) is 23.9 Å². The number of rotatable bonds is 5. The molecule has 0 saturated carbocycles. The lowest BCUT2D eigenvalue weighted by Crippen LogP contribution is -2.28. The number of carbonyl (C=O) groups is 1. The zero-order chi connectivity index (χ0) is 19.6. The van der Waals surface area contributed by atoms with E-state index in [2.05, 4.69) is 9.97 Å². The lowest BCUT2D eigenvalue weighted by atomic mass is 10.1. The summed E-state index contributed by atoms with van der Waals surface area (Å²) in [5.74, 6) is 0.000433. The molecule has 2 heterocycles. The Labute approximate surface area is 158 Å². The minimum Gasteiger partial charge on any atom is -0.486 e. The number of benzene rings is 1. The van der Waals surface area contributed by atoms with Gasteiger partial charge in [-0.1, -0.05) is 17.7 Å². The summed E-state index contributed by atoms with van der Waals surface area (Å²) >= 11 is 5.90. The molecule has 1 saturated heterocycles. The van der Waals surface area contributed by atoms with Gasteiger partial charge in [-0.05, 0) is 18.6 Å². The fourth-order valence-electron chi connectivity index (χ4n) is 2.85.